The number of aromatic amines is 1. The van der Waals surface area contributed by atoms with Gasteiger partial charge in [0.1, 0.15) is 0 Å². The van der Waals surface area contributed by atoms with Crippen LogP contribution in [0.15, 0.2) is 18.2 Å². The van der Waals surface area contributed by atoms with E-state index in [1.807, 2.05) is 0 Å². The Balaban J connectivity index is 1.57. The van der Waals surface area contributed by atoms with Gasteiger partial charge in [0.25, 0.3) is 0 Å². The van der Waals surface area contributed by atoms with Crippen molar-refractivity contribution in [3.63, 3.8) is 0 Å². The highest BCUT2D eigenvalue weighted by molar-refractivity contribution is 7.73. The summed E-state index contributed by atoms with van der Waals surface area (Å²) in [5, 5.41) is 3.47. The molecule has 0 atom stereocenters. The highest BCUT2D eigenvalue weighted by Gasteiger charge is 2.09. The van der Waals surface area contributed by atoms with Crippen molar-refractivity contribution in [1.29, 1.82) is 0 Å². The Bertz CT molecular complexity index is 601. The lowest BCUT2D eigenvalue weighted by molar-refractivity contribution is 0.0398. The zero-order chi connectivity index (χ0) is 13.1. The number of nitrogens with zero attached hydrogens (tertiary/aromatic N) is 1. The fourth-order valence-corrected chi connectivity index (χ4v) is 3.39. The SMILES string of the molecule is S=c1[nH]c2ccc(NCCN3CCOCC3)cc2s1. The molecule has 1 aromatic carbocycles. The number of H-pyrrole nitrogens is 1. The van der Waals surface area contributed by atoms with E-state index in [-0.39, 0.29) is 0 Å². The van der Waals surface area contributed by atoms with Crippen LogP contribution in [0.5, 0.6) is 0 Å². The van der Waals surface area contributed by atoms with Gasteiger partial charge in [-0.1, -0.05) is 0 Å². The molecule has 2 N–H and O–H groups in total. The van der Waals surface area contributed by atoms with Crippen LogP contribution in [0.3, 0.4) is 0 Å². The van der Waals surface area contributed by atoms with Crippen molar-refractivity contribution in [3.05, 3.63) is 22.2 Å². The normalized spacial score (nSPS) is 16.8. The topological polar surface area (TPSA) is 40.3 Å². The Hall–Kier alpha value is -0.950. The molecule has 0 amide bonds. The van der Waals surface area contributed by atoms with E-state index in [2.05, 4.69) is 33.4 Å². The molecule has 102 valence electrons. The molecule has 4 nitrogen and oxygen atoms in total. The van der Waals surface area contributed by atoms with E-state index < -0.39 is 0 Å². The van der Waals surface area contributed by atoms with Crippen LogP contribution < -0.4 is 5.32 Å². The van der Waals surface area contributed by atoms with Gasteiger partial charge in [0.15, 0.2) is 3.95 Å². The Morgan fingerprint density at radius 3 is 3.05 bits per heavy atom. The molecule has 3 rings (SSSR count). The van der Waals surface area contributed by atoms with Crippen molar-refractivity contribution in [3.8, 4) is 0 Å². The van der Waals surface area contributed by atoms with E-state index in [9.17, 15) is 0 Å². The van der Waals surface area contributed by atoms with Crippen LogP contribution in [0.1, 0.15) is 0 Å². The van der Waals surface area contributed by atoms with Gasteiger partial charge in [-0.25, -0.2) is 0 Å². The predicted molar refractivity (Wildman–Crippen MR) is 82.8 cm³/mol. The first-order valence-electron chi connectivity index (χ1n) is 6.48. The number of ether oxygens (including phenoxy) is 1. The zero-order valence-corrected chi connectivity index (χ0v) is 12.3. The summed E-state index contributed by atoms with van der Waals surface area (Å²) in [5.41, 5.74) is 2.28. The number of fused-ring (bicyclic) bond motifs is 1. The third-order valence-corrected chi connectivity index (χ3v) is 4.48. The standard InChI is InChI=1S/C13H17N3OS2/c18-13-15-11-2-1-10(9-12(11)19-13)14-3-4-16-5-7-17-8-6-16/h1-2,9,14H,3-8H2,(H,15,18). The molecule has 1 aromatic heterocycles. The second kappa shape index (κ2) is 6.00. The summed E-state index contributed by atoms with van der Waals surface area (Å²) < 4.78 is 7.38. The second-order valence-corrected chi connectivity index (χ2v) is 6.33. The molecule has 0 unspecified atom stereocenters. The van der Waals surface area contributed by atoms with Gasteiger partial charge in [-0.3, -0.25) is 4.90 Å². The van der Waals surface area contributed by atoms with Crippen LogP contribution in [-0.2, 0) is 4.74 Å². The van der Waals surface area contributed by atoms with Crippen molar-refractivity contribution < 1.29 is 4.74 Å². The number of anilines is 1. The van der Waals surface area contributed by atoms with E-state index in [1.165, 1.54) is 4.70 Å². The van der Waals surface area contributed by atoms with Crippen LogP contribution >= 0.6 is 23.6 Å². The molecule has 0 bridgehead atoms. The first kappa shape index (κ1) is 13.1. The minimum absolute atomic E-state index is 0.834. The lowest BCUT2D eigenvalue weighted by atomic mass is 10.3. The highest BCUT2D eigenvalue weighted by Crippen LogP contribution is 2.22. The molecule has 1 saturated heterocycles. The molecule has 2 aromatic rings. The van der Waals surface area contributed by atoms with Crippen molar-refractivity contribution in [2.75, 3.05) is 44.7 Å². The van der Waals surface area contributed by atoms with E-state index in [0.29, 0.717) is 0 Å². The van der Waals surface area contributed by atoms with E-state index in [1.54, 1.807) is 11.3 Å². The van der Waals surface area contributed by atoms with Crippen LogP contribution in [0.4, 0.5) is 5.69 Å². The average Bonchev–Trinajstić information content (AvgIpc) is 2.79. The van der Waals surface area contributed by atoms with Gasteiger partial charge in [-0.05, 0) is 30.4 Å². The summed E-state index contributed by atoms with van der Waals surface area (Å²) in [4.78, 5) is 5.60. The van der Waals surface area contributed by atoms with Crippen molar-refractivity contribution >= 4 is 39.5 Å². The fourth-order valence-electron chi connectivity index (χ4n) is 2.24. The maximum absolute atomic E-state index is 5.34. The first-order chi connectivity index (χ1) is 9.31. The summed E-state index contributed by atoms with van der Waals surface area (Å²) in [6.45, 7) is 5.82. The number of rotatable bonds is 4. The van der Waals surface area contributed by atoms with Crippen molar-refractivity contribution in [2.24, 2.45) is 0 Å². The van der Waals surface area contributed by atoms with Gasteiger partial charge in [0.05, 0.1) is 23.4 Å². The molecule has 0 radical (unpaired) electrons. The summed E-state index contributed by atoms with van der Waals surface area (Å²) >= 11 is 6.77. The molecule has 0 spiro atoms. The lowest BCUT2D eigenvalue weighted by Crippen LogP contribution is -2.38. The van der Waals surface area contributed by atoms with Gasteiger partial charge in [0, 0.05) is 31.9 Å². The van der Waals surface area contributed by atoms with Crippen molar-refractivity contribution in [2.45, 2.75) is 0 Å². The Labute approximate surface area is 121 Å². The molecule has 2 heterocycles. The van der Waals surface area contributed by atoms with Crippen LogP contribution in [0.25, 0.3) is 10.2 Å². The van der Waals surface area contributed by atoms with Gasteiger partial charge in [-0.15, -0.1) is 11.3 Å². The maximum Gasteiger partial charge on any atom is 0.159 e. The Morgan fingerprint density at radius 1 is 1.37 bits per heavy atom. The number of thiazole rings is 1. The summed E-state index contributed by atoms with van der Waals surface area (Å²) in [5.74, 6) is 0. The first-order valence-corrected chi connectivity index (χ1v) is 7.70. The molecular formula is C13H17N3OS2. The predicted octanol–water partition coefficient (Wildman–Crippen LogP) is 2.70. The smallest absolute Gasteiger partial charge is 0.159 e. The van der Waals surface area contributed by atoms with Gasteiger partial charge < -0.3 is 15.0 Å². The molecular weight excluding hydrogens is 278 g/mol. The molecule has 1 fully saturated rings. The second-order valence-electron chi connectivity index (χ2n) is 4.61. The maximum atomic E-state index is 5.34. The summed E-state index contributed by atoms with van der Waals surface area (Å²) in [6, 6.07) is 6.34. The molecule has 1 aliphatic rings. The minimum atomic E-state index is 0.834. The van der Waals surface area contributed by atoms with Gasteiger partial charge in [0.2, 0.25) is 0 Å². The monoisotopic (exact) mass is 295 g/mol. The van der Waals surface area contributed by atoms with Crippen LogP contribution in [0.2, 0.25) is 0 Å². The minimum Gasteiger partial charge on any atom is -0.384 e. The number of benzene rings is 1. The number of hydrogen-bond acceptors (Lipinski definition) is 5. The molecule has 19 heavy (non-hydrogen) atoms. The van der Waals surface area contributed by atoms with E-state index in [4.69, 9.17) is 17.0 Å². The van der Waals surface area contributed by atoms with E-state index in [0.717, 1.165) is 54.6 Å². The summed E-state index contributed by atoms with van der Waals surface area (Å²) in [6.07, 6.45) is 0. The van der Waals surface area contributed by atoms with Crippen molar-refractivity contribution in [1.82, 2.24) is 9.88 Å². The molecule has 1 aliphatic heterocycles. The molecule has 6 heteroatoms. The van der Waals surface area contributed by atoms with Gasteiger partial charge in [-0.2, -0.15) is 0 Å². The zero-order valence-electron chi connectivity index (χ0n) is 10.6. The Kier molecular flexibility index (Phi) is 4.12. The lowest BCUT2D eigenvalue weighted by Gasteiger charge is -2.26. The Morgan fingerprint density at radius 2 is 2.21 bits per heavy atom. The number of morpholine rings is 1. The third kappa shape index (κ3) is 3.33. The van der Waals surface area contributed by atoms with Crippen LogP contribution in [-0.4, -0.2) is 49.3 Å². The number of aromatic nitrogens is 1. The molecule has 0 aliphatic carbocycles. The average molecular weight is 295 g/mol. The molecule has 0 saturated carbocycles. The summed E-state index contributed by atoms with van der Waals surface area (Å²) in [7, 11) is 0. The van der Waals surface area contributed by atoms with Gasteiger partial charge >= 0.3 is 0 Å². The quantitative estimate of drug-likeness (QED) is 0.851. The fraction of sp³-hybridized carbons (Fsp3) is 0.462. The third-order valence-electron chi connectivity index (χ3n) is 3.28. The number of nitrogens with one attached hydrogen (secondary N) is 2. The number of hydrogen-bond donors (Lipinski definition) is 2. The van der Waals surface area contributed by atoms with E-state index >= 15 is 0 Å². The largest absolute Gasteiger partial charge is 0.384 e. The van der Waals surface area contributed by atoms with Crippen LogP contribution in [0, 0.1) is 3.95 Å². The highest BCUT2D eigenvalue weighted by atomic mass is 32.1.